The Hall–Kier alpha value is -2.63. The molecule has 1 heterocycles. The van der Waals surface area contributed by atoms with Crippen molar-refractivity contribution >= 4 is 29.4 Å². The van der Waals surface area contributed by atoms with E-state index in [-0.39, 0.29) is 11.8 Å². The molecule has 0 radical (unpaired) electrons. The van der Waals surface area contributed by atoms with E-state index in [2.05, 4.69) is 24.2 Å². The van der Waals surface area contributed by atoms with Gasteiger partial charge in [0.25, 0.3) is 5.91 Å². The van der Waals surface area contributed by atoms with Gasteiger partial charge in [-0.2, -0.15) is 0 Å². The van der Waals surface area contributed by atoms with E-state index in [1.54, 1.807) is 25.2 Å². The fourth-order valence-corrected chi connectivity index (χ4v) is 2.87. The molecule has 2 rings (SSSR count). The van der Waals surface area contributed by atoms with Crippen LogP contribution in [-0.4, -0.2) is 42.7 Å². The Balaban J connectivity index is 2.39. The lowest BCUT2D eigenvalue weighted by atomic mass is 10.0. The minimum absolute atomic E-state index is 0.00470. The molecule has 1 aromatic carbocycles. The summed E-state index contributed by atoms with van der Waals surface area (Å²) in [6.45, 7) is 5.57. The number of hydrogen-bond acceptors (Lipinski definition) is 4. The molecule has 0 atom stereocenters. The summed E-state index contributed by atoms with van der Waals surface area (Å²) in [6, 6.07) is 5.23. The zero-order valence-electron chi connectivity index (χ0n) is 15.1. The van der Waals surface area contributed by atoms with Gasteiger partial charge in [-0.25, -0.2) is 4.99 Å². The van der Waals surface area contributed by atoms with Gasteiger partial charge in [-0.3, -0.25) is 9.59 Å². The van der Waals surface area contributed by atoms with Gasteiger partial charge in [0, 0.05) is 43.3 Å². The van der Waals surface area contributed by atoms with Gasteiger partial charge in [0.05, 0.1) is 5.69 Å². The number of rotatable bonds is 6. The SMILES string of the molecule is CCCN(CCC)C(=O)C1=Cc2ccc(C(=O)NC)cc2N=C(N)C1. The van der Waals surface area contributed by atoms with Gasteiger partial charge in [0.2, 0.25) is 5.91 Å². The lowest BCUT2D eigenvalue weighted by Gasteiger charge is -2.22. The van der Waals surface area contributed by atoms with Gasteiger partial charge in [-0.1, -0.05) is 19.9 Å². The highest BCUT2D eigenvalue weighted by Crippen LogP contribution is 2.28. The summed E-state index contributed by atoms with van der Waals surface area (Å²) in [5.74, 6) is 0.198. The van der Waals surface area contributed by atoms with E-state index < -0.39 is 0 Å². The van der Waals surface area contributed by atoms with Crippen molar-refractivity contribution in [2.75, 3.05) is 20.1 Å². The zero-order valence-corrected chi connectivity index (χ0v) is 15.1. The van der Waals surface area contributed by atoms with Crippen LogP contribution in [0.25, 0.3) is 6.08 Å². The summed E-state index contributed by atoms with van der Waals surface area (Å²) in [5, 5.41) is 2.59. The molecule has 0 aromatic heterocycles. The Morgan fingerprint density at radius 3 is 2.52 bits per heavy atom. The monoisotopic (exact) mass is 342 g/mol. The highest BCUT2D eigenvalue weighted by Gasteiger charge is 2.21. The molecule has 2 amide bonds. The Labute approximate surface area is 148 Å². The van der Waals surface area contributed by atoms with Gasteiger partial charge in [0.1, 0.15) is 5.84 Å². The molecule has 0 aliphatic carbocycles. The lowest BCUT2D eigenvalue weighted by Crippen LogP contribution is -2.34. The second kappa shape index (κ2) is 8.46. The number of nitrogens with two attached hydrogens (primary N) is 1. The quantitative estimate of drug-likeness (QED) is 0.832. The molecule has 0 bridgehead atoms. The second-order valence-corrected chi connectivity index (χ2v) is 6.09. The fourth-order valence-electron chi connectivity index (χ4n) is 2.87. The van der Waals surface area contributed by atoms with Crippen molar-refractivity contribution in [3.05, 3.63) is 34.9 Å². The zero-order chi connectivity index (χ0) is 18.4. The molecule has 0 saturated heterocycles. The van der Waals surface area contributed by atoms with Crippen LogP contribution in [0, 0.1) is 0 Å². The van der Waals surface area contributed by atoms with Gasteiger partial charge in [-0.15, -0.1) is 0 Å². The lowest BCUT2D eigenvalue weighted by molar-refractivity contribution is -0.127. The second-order valence-electron chi connectivity index (χ2n) is 6.09. The highest BCUT2D eigenvalue weighted by molar-refractivity contribution is 6.06. The number of nitrogens with zero attached hydrogens (tertiary/aromatic N) is 2. The number of amidine groups is 1. The molecular weight excluding hydrogens is 316 g/mol. The predicted molar refractivity (Wildman–Crippen MR) is 101 cm³/mol. The molecule has 0 unspecified atom stereocenters. The highest BCUT2D eigenvalue weighted by atomic mass is 16.2. The van der Waals surface area contributed by atoms with Crippen LogP contribution in [-0.2, 0) is 4.79 Å². The molecular formula is C19H26N4O2. The number of hydrogen-bond donors (Lipinski definition) is 2. The Morgan fingerprint density at radius 1 is 1.24 bits per heavy atom. The maximum absolute atomic E-state index is 12.9. The van der Waals surface area contributed by atoms with Crippen molar-refractivity contribution in [3.8, 4) is 0 Å². The molecule has 0 fully saturated rings. The van der Waals surface area contributed by atoms with E-state index in [0.29, 0.717) is 29.1 Å². The Kier molecular flexibility index (Phi) is 6.33. The average Bonchev–Trinajstić information content (AvgIpc) is 2.77. The summed E-state index contributed by atoms with van der Waals surface area (Å²) in [5.41, 5.74) is 8.58. The normalized spacial score (nSPS) is 13.2. The summed E-state index contributed by atoms with van der Waals surface area (Å²) in [4.78, 5) is 31.0. The van der Waals surface area contributed by atoms with Crippen LogP contribution in [0.1, 0.15) is 49.0 Å². The summed E-state index contributed by atoms with van der Waals surface area (Å²) in [6.07, 6.45) is 3.98. The van der Waals surface area contributed by atoms with Crippen molar-refractivity contribution in [1.29, 1.82) is 0 Å². The number of benzene rings is 1. The first-order valence-corrected chi connectivity index (χ1v) is 8.69. The summed E-state index contributed by atoms with van der Waals surface area (Å²) < 4.78 is 0. The third-order valence-electron chi connectivity index (χ3n) is 4.03. The smallest absolute Gasteiger partial charge is 0.251 e. The molecule has 134 valence electrons. The van der Waals surface area contributed by atoms with E-state index in [4.69, 9.17) is 5.73 Å². The first kappa shape index (κ1) is 18.7. The van der Waals surface area contributed by atoms with E-state index in [0.717, 1.165) is 31.5 Å². The van der Waals surface area contributed by atoms with Crippen molar-refractivity contribution < 1.29 is 9.59 Å². The maximum atomic E-state index is 12.9. The molecule has 1 aliphatic rings. The number of carbonyl (C=O) groups excluding carboxylic acids is 2. The van der Waals surface area contributed by atoms with Gasteiger partial charge in [0.15, 0.2) is 0 Å². The number of nitrogens with one attached hydrogen (secondary N) is 1. The van der Waals surface area contributed by atoms with E-state index in [1.807, 2.05) is 11.0 Å². The van der Waals surface area contributed by atoms with Crippen molar-refractivity contribution in [2.45, 2.75) is 33.1 Å². The van der Waals surface area contributed by atoms with Crippen LogP contribution >= 0.6 is 0 Å². The summed E-state index contributed by atoms with van der Waals surface area (Å²) >= 11 is 0. The van der Waals surface area contributed by atoms with Gasteiger partial charge < -0.3 is 16.0 Å². The molecule has 25 heavy (non-hydrogen) atoms. The van der Waals surface area contributed by atoms with E-state index in [1.165, 1.54) is 0 Å². The van der Waals surface area contributed by atoms with Gasteiger partial charge in [-0.05, 0) is 31.1 Å². The first-order valence-electron chi connectivity index (χ1n) is 8.69. The Morgan fingerprint density at radius 2 is 1.92 bits per heavy atom. The molecule has 3 N–H and O–H groups in total. The van der Waals surface area contributed by atoms with E-state index >= 15 is 0 Å². The van der Waals surface area contributed by atoms with Crippen LogP contribution in [0.3, 0.4) is 0 Å². The minimum atomic E-state index is -0.182. The largest absolute Gasteiger partial charge is 0.387 e. The molecule has 6 heteroatoms. The topological polar surface area (TPSA) is 87.8 Å². The summed E-state index contributed by atoms with van der Waals surface area (Å²) in [7, 11) is 1.58. The third kappa shape index (κ3) is 4.47. The van der Waals surface area contributed by atoms with Crippen LogP contribution in [0.15, 0.2) is 28.8 Å². The molecule has 6 nitrogen and oxygen atoms in total. The van der Waals surface area contributed by atoms with Crippen LogP contribution < -0.4 is 11.1 Å². The first-order chi connectivity index (χ1) is 12.0. The molecule has 0 spiro atoms. The predicted octanol–water partition coefficient (Wildman–Crippen LogP) is 2.47. The minimum Gasteiger partial charge on any atom is -0.387 e. The fraction of sp³-hybridized carbons (Fsp3) is 0.421. The van der Waals surface area contributed by atoms with Crippen LogP contribution in [0.5, 0.6) is 0 Å². The van der Waals surface area contributed by atoms with Gasteiger partial charge >= 0.3 is 0 Å². The maximum Gasteiger partial charge on any atom is 0.251 e. The van der Waals surface area contributed by atoms with Crippen LogP contribution in [0.2, 0.25) is 0 Å². The Bertz CT molecular complexity index is 716. The molecule has 1 aromatic rings. The van der Waals surface area contributed by atoms with Crippen molar-refractivity contribution in [2.24, 2.45) is 10.7 Å². The molecule has 1 aliphatic heterocycles. The van der Waals surface area contributed by atoms with Crippen molar-refractivity contribution in [1.82, 2.24) is 10.2 Å². The van der Waals surface area contributed by atoms with Crippen molar-refractivity contribution in [3.63, 3.8) is 0 Å². The number of fused-ring (bicyclic) bond motifs is 1. The van der Waals surface area contributed by atoms with Crippen LogP contribution in [0.4, 0.5) is 5.69 Å². The van der Waals surface area contributed by atoms with E-state index in [9.17, 15) is 9.59 Å². The standard InChI is InChI=1S/C19H26N4O2/c1-4-8-23(9-5-2)19(25)15-10-13-6-7-14(18(24)21-3)11-16(13)22-17(20)12-15/h6-7,10-11H,4-5,8-9,12H2,1-3H3,(H2,20,22)(H,21,24). The number of amides is 2. The number of carbonyl (C=O) groups is 2. The number of aliphatic imine (C=N–C) groups is 1. The third-order valence-corrected chi connectivity index (χ3v) is 4.03. The average molecular weight is 342 g/mol. The molecule has 0 saturated carbocycles.